The van der Waals surface area contributed by atoms with Gasteiger partial charge in [-0.3, -0.25) is 4.90 Å². The Balaban J connectivity index is 1.82. The van der Waals surface area contributed by atoms with Crippen molar-refractivity contribution in [3.8, 4) is 0 Å². The Morgan fingerprint density at radius 1 is 1.50 bits per heavy atom. The Morgan fingerprint density at radius 2 is 2.36 bits per heavy atom. The van der Waals surface area contributed by atoms with Crippen molar-refractivity contribution in [1.29, 1.82) is 0 Å². The van der Waals surface area contributed by atoms with Crippen molar-refractivity contribution < 1.29 is 9.84 Å². The first kappa shape index (κ1) is 10.7. The summed E-state index contributed by atoms with van der Waals surface area (Å²) in [4.78, 5) is 2.39. The number of aliphatic hydroxyl groups excluding tert-OH is 1. The van der Waals surface area contributed by atoms with Crippen molar-refractivity contribution in [3.63, 3.8) is 0 Å². The predicted molar refractivity (Wildman–Crippen MR) is 58.7 cm³/mol. The minimum Gasteiger partial charge on any atom is -0.389 e. The standard InChI is InChI=1S/C10H19NO2S/c1-2-14-8-3-4-11(5-8)9-6-13-7-10(9)12/h8-10,12H,2-7H2,1H3/t8?,9-,10-/m1/s1. The van der Waals surface area contributed by atoms with Crippen molar-refractivity contribution in [2.45, 2.75) is 30.7 Å². The molecule has 3 atom stereocenters. The van der Waals surface area contributed by atoms with Crippen LogP contribution in [0.2, 0.25) is 0 Å². The van der Waals surface area contributed by atoms with E-state index in [4.69, 9.17) is 4.74 Å². The third-order valence-electron chi connectivity index (χ3n) is 3.07. The molecule has 1 N–H and O–H groups in total. The van der Waals surface area contributed by atoms with Crippen LogP contribution in [0.4, 0.5) is 0 Å². The lowest BCUT2D eigenvalue weighted by Gasteiger charge is -2.24. The molecule has 2 aliphatic heterocycles. The molecule has 14 heavy (non-hydrogen) atoms. The van der Waals surface area contributed by atoms with Gasteiger partial charge in [0.25, 0.3) is 0 Å². The van der Waals surface area contributed by atoms with Gasteiger partial charge in [0.2, 0.25) is 0 Å². The zero-order valence-electron chi connectivity index (χ0n) is 8.69. The summed E-state index contributed by atoms with van der Waals surface area (Å²) in [6, 6.07) is 0.262. The molecule has 0 saturated carbocycles. The molecular formula is C10H19NO2S. The highest BCUT2D eigenvalue weighted by Crippen LogP contribution is 2.26. The van der Waals surface area contributed by atoms with Crippen molar-refractivity contribution in [3.05, 3.63) is 0 Å². The molecule has 3 nitrogen and oxygen atoms in total. The number of likely N-dealkylation sites (tertiary alicyclic amines) is 1. The van der Waals surface area contributed by atoms with E-state index in [2.05, 4.69) is 11.8 Å². The van der Waals surface area contributed by atoms with Crippen LogP contribution < -0.4 is 0 Å². The van der Waals surface area contributed by atoms with Gasteiger partial charge in [-0.05, 0) is 18.7 Å². The van der Waals surface area contributed by atoms with E-state index in [0.29, 0.717) is 13.2 Å². The zero-order valence-corrected chi connectivity index (χ0v) is 9.50. The highest BCUT2D eigenvalue weighted by atomic mass is 32.2. The lowest BCUT2D eigenvalue weighted by Crippen LogP contribution is -2.41. The molecule has 0 aromatic rings. The molecular weight excluding hydrogens is 198 g/mol. The Morgan fingerprint density at radius 3 is 3.00 bits per heavy atom. The smallest absolute Gasteiger partial charge is 0.0950 e. The molecule has 0 radical (unpaired) electrons. The molecule has 0 amide bonds. The molecule has 2 aliphatic rings. The van der Waals surface area contributed by atoms with E-state index in [0.717, 1.165) is 18.3 Å². The van der Waals surface area contributed by atoms with Gasteiger partial charge < -0.3 is 9.84 Å². The van der Waals surface area contributed by atoms with Crippen LogP contribution in [-0.2, 0) is 4.74 Å². The van der Waals surface area contributed by atoms with E-state index in [1.807, 2.05) is 11.8 Å². The highest BCUT2D eigenvalue weighted by molar-refractivity contribution is 7.99. The SMILES string of the molecule is CCSC1CCN([C@@H]2COC[C@H]2O)C1. The fourth-order valence-corrected chi connectivity index (χ4v) is 3.35. The maximum absolute atomic E-state index is 9.69. The summed E-state index contributed by atoms with van der Waals surface area (Å²) in [5, 5.41) is 10.5. The van der Waals surface area contributed by atoms with E-state index >= 15 is 0 Å². The fourth-order valence-electron chi connectivity index (χ4n) is 2.31. The molecule has 4 heteroatoms. The molecule has 1 unspecified atom stereocenters. The number of ether oxygens (including phenoxy) is 1. The monoisotopic (exact) mass is 217 g/mol. The molecule has 2 rings (SSSR count). The first-order valence-corrected chi connectivity index (χ1v) is 6.47. The largest absolute Gasteiger partial charge is 0.389 e. The quantitative estimate of drug-likeness (QED) is 0.749. The van der Waals surface area contributed by atoms with Gasteiger partial charge in [-0.15, -0.1) is 0 Å². The lowest BCUT2D eigenvalue weighted by atomic mass is 10.2. The van der Waals surface area contributed by atoms with Gasteiger partial charge in [0, 0.05) is 11.8 Å². The summed E-state index contributed by atoms with van der Waals surface area (Å²) in [5.41, 5.74) is 0. The molecule has 2 heterocycles. The molecule has 0 aromatic carbocycles. The molecule has 2 fully saturated rings. The molecule has 0 bridgehead atoms. The number of rotatable bonds is 3. The lowest BCUT2D eigenvalue weighted by molar-refractivity contribution is 0.0950. The van der Waals surface area contributed by atoms with Crippen LogP contribution in [-0.4, -0.2) is 59.5 Å². The maximum atomic E-state index is 9.69. The first-order chi connectivity index (χ1) is 6.81. The van der Waals surface area contributed by atoms with E-state index < -0.39 is 0 Å². The van der Waals surface area contributed by atoms with Crippen molar-refractivity contribution >= 4 is 11.8 Å². The van der Waals surface area contributed by atoms with Crippen LogP contribution in [0.15, 0.2) is 0 Å². The molecule has 2 saturated heterocycles. The average Bonchev–Trinajstić information content (AvgIpc) is 2.74. The third kappa shape index (κ3) is 2.24. The molecule has 0 aliphatic carbocycles. The van der Waals surface area contributed by atoms with Gasteiger partial charge in [0.05, 0.1) is 25.4 Å². The number of hydrogen-bond donors (Lipinski definition) is 1. The predicted octanol–water partition coefficient (Wildman–Crippen LogP) is 0.574. The maximum Gasteiger partial charge on any atom is 0.0950 e. The van der Waals surface area contributed by atoms with Gasteiger partial charge in [-0.1, -0.05) is 6.92 Å². The minimum absolute atomic E-state index is 0.262. The van der Waals surface area contributed by atoms with Crippen molar-refractivity contribution in [2.75, 3.05) is 32.1 Å². The van der Waals surface area contributed by atoms with E-state index in [1.54, 1.807) is 0 Å². The zero-order chi connectivity index (χ0) is 9.97. The number of aliphatic hydroxyl groups is 1. The van der Waals surface area contributed by atoms with Gasteiger partial charge >= 0.3 is 0 Å². The average molecular weight is 217 g/mol. The highest BCUT2D eigenvalue weighted by Gasteiger charge is 2.35. The third-order valence-corrected chi connectivity index (χ3v) is 4.26. The summed E-state index contributed by atoms with van der Waals surface area (Å²) in [6.45, 7) is 5.70. The summed E-state index contributed by atoms with van der Waals surface area (Å²) in [5.74, 6) is 1.20. The van der Waals surface area contributed by atoms with Crippen LogP contribution in [0.1, 0.15) is 13.3 Å². The van der Waals surface area contributed by atoms with Crippen LogP contribution in [0, 0.1) is 0 Å². The number of hydrogen-bond acceptors (Lipinski definition) is 4. The molecule has 82 valence electrons. The molecule has 0 spiro atoms. The normalized spacial score (nSPS) is 39.4. The van der Waals surface area contributed by atoms with E-state index in [9.17, 15) is 5.11 Å². The molecule has 0 aromatic heterocycles. The van der Waals surface area contributed by atoms with Crippen molar-refractivity contribution in [1.82, 2.24) is 4.90 Å². The van der Waals surface area contributed by atoms with E-state index in [1.165, 1.54) is 12.2 Å². The van der Waals surface area contributed by atoms with Crippen LogP contribution in [0.3, 0.4) is 0 Å². The van der Waals surface area contributed by atoms with E-state index in [-0.39, 0.29) is 12.1 Å². The Kier molecular flexibility index (Phi) is 3.71. The summed E-state index contributed by atoms with van der Waals surface area (Å²) in [6.07, 6.45) is 1.00. The van der Waals surface area contributed by atoms with Crippen LogP contribution >= 0.6 is 11.8 Å². The second kappa shape index (κ2) is 4.84. The van der Waals surface area contributed by atoms with Gasteiger partial charge in [0.1, 0.15) is 0 Å². The first-order valence-electron chi connectivity index (χ1n) is 5.42. The second-order valence-electron chi connectivity index (χ2n) is 4.03. The fraction of sp³-hybridized carbons (Fsp3) is 1.00. The van der Waals surface area contributed by atoms with Crippen molar-refractivity contribution in [2.24, 2.45) is 0 Å². The van der Waals surface area contributed by atoms with Gasteiger partial charge in [0.15, 0.2) is 0 Å². The topological polar surface area (TPSA) is 32.7 Å². The summed E-state index contributed by atoms with van der Waals surface area (Å²) in [7, 11) is 0. The van der Waals surface area contributed by atoms with Crippen LogP contribution in [0.5, 0.6) is 0 Å². The Bertz CT molecular complexity index is 191. The summed E-state index contributed by atoms with van der Waals surface area (Å²) < 4.78 is 5.28. The number of thioether (sulfide) groups is 1. The summed E-state index contributed by atoms with van der Waals surface area (Å²) >= 11 is 2.04. The number of nitrogens with zero attached hydrogens (tertiary/aromatic N) is 1. The Labute approximate surface area is 89.8 Å². The van der Waals surface area contributed by atoms with Gasteiger partial charge in [-0.25, -0.2) is 0 Å². The van der Waals surface area contributed by atoms with Crippen LogP contribution in [0.25, 0.3) is 0 Å². The Hall–Kier alpha value is 0.230. The minimum atomic E-state index is -0.264. The van der Waals surface area contributed by atoms with Gasteiger partial charge in [-0.2, -0.15) is 11.8 Å². The second-order valence-corrected chi connectivity index (χ2v) is 5.61.